The topological polar surface area (TPSA) is 55.8 Å². The summed E-state index contributed by atoms with van der Waals surface area (Å²) in [6.07, 6.45) is 3.92. The first-order valence-corrected chi connectivity index (χ1v) is 9.27. The number of benzene rings is 2. The first-order valence-electron chi connectivity index (χ1n) is 7.83. The quantitative estimate of drug-likeness (QED) is 0.757. The van der Waals surface area contributed by atoms with E-state index in [0.717, 1.165) is 11.1 Å². The van der Waals surface area contributed by atoms with Gasteiger partial charge in [-0.25, -0.2) is 12.7 Å². The van der Waals surface area contributed by atoms with Crippen LogP contribution < -0.4 is 9.47 Å². The summed E-state index contributed by atoms with van der Waals surface area (Å²) in [5.74, 6) is 1.24. The Bertz CT molecular complexity index is 857. The third-order valence-corrected chi connectivity index (χ3v) is 5.43. The number of sulfonamides is 1. The van der Waals surface area contributed by atoms with Crippen molar-refractivity contribution in [3.8, 4) is 11.5 Å². The van der Waals surface area contributed by atoms with Crippen molar-refractivity contribution in [3.63, 3.8) is 0 Å². The van der Waals surface area contributed by atoms with Crippen LogP contribution in [-0.4, -0.2) is 33.9 Å². The fourth-order valence-corrected chi connectivity index (χ4v) is 3.24. The largest absolute Gasteiger partial charge is 0.493 e. The van der Waals surface area contributed by atoms with Gasteiger partial charge in [0.2, 0.25) is 10.0 Å². The first-order chi connectivity index (χ1) is 11.9. The van der Waals surface area contributed by atoms with E-state index in [1.54, 1.807) is 25.3 Å². The Morgan fingerprint density at radius 3 is 2.48 bits per heavy atom. The van der Waals surface area contributed by atoms with Crippen molar-refractivity contribution in [1.29, 1.82) is 0 Å². The summed E-state index contributed by atoms with van der Waals surface area (Å²) >= 11 is 0. The smallest absolute Gasteiger partial charge is 0.242 e. The normalized spacial score (nSPS) is 11.9. The average Bonchev–Trinajstić information content (AvgIpc) is 2.60. The predicted octanol–water partition coefficient (Wildman–Crippen LogP) is 3.56. The van der Waals surface area contributed by atoms with Crippen molar-refractivity contribution in [2.75, 3.05) is 21.2 Å². The van der Waals surface area contributed by atoms with E-state index in [0.29, 0.717) is 11.5 Å². The third-order valence-electron chi connectivity index (χ3n) is 3.62. The second-order valence-corrected chi connectivity index (χ2v) is 7.79. The molecule has 0 N–H and O–H groups in total. The fourth-order valence-electron chi connectivity index (χ4n) is 2.27. The van der Waals surface area contributed by atoms with E-state index in [2.05, 4.69) is 0 Å². The van der Waals surface area contributed by atoms with Gasteiger partial charge in [-0.3, -0.25) is 0 Å². The third kappa shape index (κ3) is 4.61. The molecule has 0 radical (unpaired) electrons. The monoisotopic (exact) mass is 361 g/mol. The van der Waals surface area contributed by atoms with Crippen molar-refractivity contribution in [2.45, 2.75) is 18.4 Å². The molecule has 25 heavy (non-hydrogen) atoms. The molecule has 0 aliphatic rings. The Hall–Kier alpha value is -2.31. The van der Waals surface area contributed by atoms with Crippen LogP contribution in [-0.2, 0) is 16.6 Å². The van der Waals surface area contributed by atoms with E-state index < -0.39 is 10.0 Å². The van der Waals surface area contributed by atoms with E-state index in [1.807, 2.05) is 43.3 Å². The summed E-state index contributed by atoms with van der Waals surface area (Å²) in [5.41, 5.74) is 1.79. The maximum absolute atomic E-state index is 12.2. The van der Waals surface area contributed by atoms with Gasteiger partial charge in [-0.1, -0.05) is 30.4 Å². The Labute approximate surface area is 149 Å². The lowest BCUT2D eigenvalue weighted by Crippen LogP contribution is -2.22. The molecule has 0 heterocycles. The zero-order valence-corrected chi connectivity index (χ0v) is 15.7. The molecule has 0 unspecified atom stereocenters. The maximum atomic E-state index is 12.2. The molecule has 2 aromatic rings. The summed E-state index contributed by atoms with van der Waals surface area (Å²) in [4.78, 5) is 0.244. The minimum absolute atomic E-state index is 0.244. The lowest BCUT2D eigenvalue weighted by atomic mass is 10.2. The average molecular weight is 361 g/mol. The van der Waals surface area contributed by atoms with Gasteiger partial charge in [0.1, 0.15) is 6.61 Å². The number of hydrogen-bond acceptors (Lipinski definition) is 4. The van der Waals surface area contributed by atoms with E-state index in [9.17, 15) is 8.42 Å². The minimum Gasteiger partial charge on any atom is -0.493 e. The van der Waals surface area contributed by atoms with Crippen LogP contribution in [0, 0.1) is 0 Å². The molecule has 6 heteroatoms. The van der Waals surface area contributed by atoms with Gasteiger partial charge < -0.3 is 9.47 Å². The van der Waals surface area contributed by atoms with Gasteiger partial charge in [-0.2, -0.15) is 0 Å². The lowest BCUT2D eigenvalue weighted by molar-refractivity contribution is 0.284. The van der Waals surface area contributed by atoms with Gasteiger partial charge in [0.05, 0.1) is 12.0 Å². The Kier molecular flexibility index (Phi) is 6.22. The highest BCUT2D eigenvalue weighted by molar-refractivity contribution is 7.89. The number of allylic oxidation sites excluding steroid dienone is 1. The molecule has 0 spiro atoms. The molecule has 0 saturated heterocycles. The van der Waals surface area contributed by atoms with Crippen LogP contribution in [0.4, 0.5) is 0 Å². The number of rotatable bonds is 7. The zero-order valence-electron chi connectivity index (χ0n) is 14.9. The van der Waals surface area contributed by atoms with Crippen LogP contribution >= 0.6 is 0 Å². The standard InChI is InChI=1S/C19H23NO4S/c1-5-7-15-10-11-18(19(13-15)23-4)24-14-16-8-6-9-17(12-16)25(21,22)20(2)3/h5-13H,14H2,1-4H3. The van der Waals surface area contributed by atoms with Gasteiger partial charge in [0, 0.05) is 14.1 Å². The molecule has 134 valence electrons. The number of nitrogens with zero attached hydrogens (tertiary/aromatic N) is 1. The van der Waals surface area contributed by atoms with Crippen LogP contribution in [0.15, 0.2) is 53.4 Å². The van der Waals surface area contributed by atoms with Crippen molar-refractivity contribution in [1.82, 2.24) is 4.31 Å². The van der Waals surface area contributed by atoms with Gasteiger partial charge in [-0.15, -0.1) is 0 Å². The Morgan fingerprint density at radius 1 is 1.08 bits per heavy atom. The number of hydrogen-bond donors (Lipinski definition) is 0. The highest BCUT2D eigenvalue weighted by Gasteiger charge is 2.17. The van der Waals surface area contributed by atoms with E-state index >= 15 is 0 Å². The molecule has 0 bridgehead atoms. The first kappa shape index (κ1) is 19.0. The molecular formula is C19H23NO4S. The SMILES string of the molecule is CC=Cc1ccc(OCc2cccc(S(=O)(=O)N(C)C)c2)c(OC)c1. The molecule has 0 aromatic heterocycles. The molecule has 0 aliphatic carbocycles. The summed E-state index contributed by atoms with van der Waals surface area (Å²) < 4.78 is 36.8. The highest BCUT2D eigenvalue weighted by atomic mass is 32.2. The van der Waals surface area contributed by atoms with Crippen LogP contribution in [0.25, 0.3) is 6.08 Å². The van der Waals surface area contributed by atoms with Crippen molar-refractivity contribution in [3.05, 3.63) is 59.7 Å². The summed E-state index contributed by atoms with van der Waals surface area (Å²) in [7, 11) is 1.15. The van der Waals surface area contributed by atoms with Gasteiger partial charge in [0.15, 0.2) is 11.5 Å². The van der Waals surface area contributed by atoms with Crippen molar-refractivity contribution >= 4 is 16.1 Å². The molecule has 2 aromatic carbocycles. The molecule has 0 saturated carbocycles. The summed E-state index contributed by atoms with van der Waals surface area (Å²) in [6.45, 7) is 2.20. The zero-order chi connectivity index (χ0) is 18.4. The maximum Gasteiger partial charge on any atom is 0.242 e. The van der Waals surface area contributed by atoms with Crippen LogP contribution in [0.1, 0.15) is 18.1 Å². The molecule has 5 nitrogen and oxygen atoms in total. The van der Waals surface area contributed by atoms with Crippen LogP contribution in [0.5, 0.6) is 11.5 Å². The highest BCUT2D eigenvalue weighted by Crippen LogP contribution is 2.29. The van der Waals surface area contributed by atoms with E-state index in [4.69, 9.17) is 9.47 Å². The summed E-state index contributed by atoms with van der Waals surface area (Å²) in [6, 6.07) is 12.4. The minimum atomic E-state index is -3.46. The molecule has 0 atom stereocenters. The van der Waals surface area contributed by atoms with Gasteiger partial charge in [0.25, 0.3) is 0 Å². The van der Waals surface area contributed by atoms with Crippen LogP contribution in [0.2, 0.25) is 0 Å². The molecule has 2 rings (SSSR count). The molecule has 0 aliphatic heterocycles. The molecular weight excluding hydrogens is 338 g/mol. The Balaban J connectivity index is 2.20. The predicted molar refractivity (Wildman–Crippen MR) is 99.3 cm³/mol. The number of ether oxygens (including phenoxy) is 2. The lowest BCUT2D eigenvalue weighted by Gasteiger charge is -2.14. The van der Waals surface area contributed by atoms with E-state index in [1.165, 1.54) is 18.4 Å². The Morgan fingerprint density at radius 2 is 1.84 bits per heavy atom. The molecule has 0 amide bonds. The molecule has 0 fully saturated rings. The summed E-state index contributed by atoms with van der Waals surface area (Å²) in [5, 5.41) is 0. The van der Waals surface area contributed by atoms with Gasteiger partial charge in [-0.05, 0) is 42.3 Å². The van der Waals surface area contributed by atoms with Crippen LogP contribution in [0.3, 0.4) is 0 Å². The fraction of sp³-hybridized carbons (Fsp3) is 0.263. The van der Waals surface area contributed by atoms with Crippen molar-refractivity contribution < 1.29 is 17.9 Å². The second kappa shape index (κ2) is 8.18. The number of methoxy groups -OCH3 is 1. The second-order valence-electron chi connectivity index (χ2n) is 5.63. The van der Waals surface area contributed by atoms with Gasteiger partial charge >= 0.3 is 0 Å². The van der Waals surface area contributed by atoms with Crippen molar-refractivity contribution in [2.24, 2.45) is 0 Å². The van der Waals surface area contributed by atoms with E-state index in [-0.39, 0.29) is 11.5 Å².